The van der Waals surface area contributed by atoms with Crippen LogP contribution in [0.25, 0.3) is 0 Å². The van der Waals surface area contributed by atoms with Gasteiger partial charge in [-0.2, -0.15) is 0 Å². The third-order valence-corrected chi connectivity index (χ3v) is 4.74. The Hall–Kier alpha value is -2.70. The molecule has 1 saturated heterocycles. The number of hydrogen-bond acceptors (Lipinski definition) is 4. The summed E-state index contributed by atoms with van der Waals surface area (Å²) in [6.45, 7) is 0.217. The highest BCUT2D eigenvalue weighted by Crippen LogP contribution is 2.30. The largest absolute Gasteiger partial charge is 0.349 e. The molecule has 2 N–H and O–H groups in total. The van der Waals surface area contributed by atoms with E-state index in [2.05, 4.69) is 10.6 Å². The average Bonchev–Trinajstić information content (AvgIpc) is 3.30. The molecule has 1 aromatic rings. The maximum absolute atomic E-state index is 12.7. The summed E-state index contributed by atoms with van der Waals surface area (Å²) in [5.41, 5.74) is 1.61. The summed E-state index contributed by atoms with van der Waals surface area (Å²) in [6, 6.07) is 4.64. The van der Waals surface area contributed by atoms with Crippen molar-refractivity contribution in [1.29, 1.82) is 0 Å². The fraction of sp³-hybridized carbons (Fsp3) is 0.412. The standard InChI is InChI=1S/C17H17N3O4/c21-14-7-6-13(16(23)19-14)20-8-12-10(15(22)18-9-4-5-9)2-1-3-11(12)17(20)24/h1-3,9,13H,4-8H2,(H,18,22)(H,19,21,23). The van der Waals surface area contributed by atoms with E-state index >= 15 is 0 Å². The minimum absolute atomic E-state index is 0.174. The summed E-state index contributed by atoms with van der Waals surface area (Å²) in [5, 5.41) is 5.21. The summed E-state index contributed by atoms with van der Waals surface area (Å²) in [6.07, 6.45) is 2.50. The number of benzene rings is 1. The van der Waals surface area contributed by atoms with Gasteiger partial charge in [-0.05, 0) is 37.0 Å². The monoisotopic (exact) mass is 327 g/mol. The first-order valence-electron chi connectivity index (χ1n) is 8.12. The maximum Gasteiger partial charge on any atom is 0.255 e. The average molecular weight is 327 g/mol. The Kier molecular flexibility index (Phi) is 3.37. The van der Waals surface area contributed by atoms with Crippen LogP contribution >= 0.6 is 0 Å². The molecule has 1 saturated carbocycles. The molecule has 2 fully saturated rings. The molecule has 2 heterocycles. The van der Waals surface area contributed by atoms with Gasteiger partial charge in [0.25, 0.3) is 11.8 Å². The van der Waals surface area contributed by atoms with Gasteiger partial charge in [-0.1, -0.05) is 6.07 Å². The summed E-state index contributed by atoms with van der Waals surface area (Å²) in [7, 11) is 0. The molecule has 24 heavy (non-hydrogen) atoms. The molecule has 0 aromatic heterocycles. The summed E-state index contributed by atoms with van der Waals surface area (Å²) in [4.78, 5) is 49.9. The van der Waals surface area contributed by atoms with Gasteiger partial charge in [-0.25, -0.2) is 0 Å². The predicted molar refractivity (Wildman–Crippen MR) is 83.0 cm³/mol. The number of amides is 4. The van der Waals surface area contributed by atoms with E-state index in [1.807, 2.05) is 0 Å². The smallest absolute Gasteiger partial charge is 0.255 e. The third-order valence-electron chi connectivity index (χ3n) is 4.74. The van der Waals surface area contributed by atoms with Crippen LogP contribution in [0.2, 0.25) is 0 Å². The van der Waals surface area contributed by atoms with Crippen molar-refractivity contribution in [3.05, 3.63) is 34.9 Å². The van der Waals surface area contributed by atoms with Crippen LogP contribution in [0.1, 0.15) is 52.0 Å². The van der Waals surface area contributed by atoms with Crippen LogP contribution < -0.4 is 10.6 Å². The van der Waals surface area contributed by atoms with Gasteiger partial charge in [0.1, 0.15) is 6.04 Å². The molecule has 124 valence electrons. The van der Waals surface area contributed by atoms with Crippen molar-refractivity contribution in [3.63, 3.8) is 0 Å². The van der Waals surface area contributed by atoms with Crippen LogP contribution in [-0.2, 0) is 16.1 Å². The molecule has 2 aliphatic heterocycles. The molecule has 1 aromatic carbocycles. The first kappa shape index (κ1) is 14.9. The highest BCUT2D eigenvalue weighted by atomic mass is 16.2. The second-order valence-corrected chi connectivity index (χ2v) is 6.48. The molecule has 0 bridgehead atoms. The molecule has 1 atom stereocenters. The van der Waals surface area contributed by atoms with Gasteiger partial charge >= 0.3 is 0 Å². The SMILES string of the molecule is O=C1CCC(N2Cc3c(C(=O)NC4CC4)cccc3C2=O)C(=O)N1. The van der Waals surface area contributed by atoms with Crippen molar-refractivity contribution in [2.75, 3.05) is 0 Å². The van der Waals surface area contributed by atoms with Crippen LogP contribution in [0.4, 0.5) is 0 Å². The van der Waals surface area contributed by atoms with Crippen molar-refractivity contribution in [3.8, 4) is 0 Å². The number of carbonyl (C=O) groups excluding carboxylic acids is 4. The molecule has 1 unspecified atom stereocenters. The lowest BCUT2D eigenvalue weighted by Crippen LogP contribution is -2.52. The Bertz CT molecular complexity index is 769. The zero-order valence-electron chi connectivity index (χ0n) is 13.0. The van der Waals surface area contributed by atoms with Crippen LogP contribution in [-0.4, -0.2) is 40.6 Å². The van der Waals surface area contributed by atoms with E-state index in [9.17, 15) is 19.2 Å². The number of nitrogens with one attached hydrogen (secondary N) is 2. The summed E-state index contributed by atoms with van der Waals surface area (Å²) >= 11 is 0. The second kappa shape index (κ2) is 5.43. The lowest BCUT2D eigenvalue weighted by Gasteiger charge is -2.29. The number of imide groups is 1. The Morgan fingerprint density at radius 1 is 1.17 bits per heavy atom. The van der Waals surface area contributed by atoms with Crippen LogP contribution in [0, 0.1) is 0 Å². The Morgan fingerprint density at radius 2 is 1.96 bits per heavy atom. The molecule has 4 rings (SSSR count). The fourth-order valence-electron chi connectivity index (χ4n) is 3.29. The van der Waals surface area contributed by atoms with Gasteiger partial charge < -0.3 is 10.2 Å². The van der Waals surface area contributed by atoms with E-state index in [1.165, 1.54) is 4.90 Å². The molecule has 1 aliphatic carbocycles. The summed E-state index contributed by atoms with van der Waals surface area (Å²) in [5.74, 6) is -1.20. The van der Waals surface area contributed by atoms with Crippen molar-refractivity contribution in [1.82, 2.24) is 15.5 Å². The lowest BCUT2D eigenvalue weighted by atomic mass is 10.0. The zero-order chi connectivity index (χ0) is 16.8. The minimum atomic E-state index is -0.665. The molecule has 0 radical (unpaired) electrons. The zero-order valence-corrected chi connectivity index (χ0v) is 13.0. The van der Waals surface area contributed by atoms with Gasteiger partial charge in [0, 0.05) is 30.1 Å². The van der Waals surface area contributed by atoms with E-state index in [0.29, 0.717) is 23.1 Å². The van der Waals surface area contributed by atoms with E-state index in [1.54, 1.807) is 18.2 Å². The Morgan fingerprint density at radius 3 is 2.67 bits per heavy atom. The van der Waals surface area contributed by atoms with Crippen LogP contribution in [0.15, 0.2) is 18.2 Å². The number of carbonyl (C=O) groups is 4. The molecule has 7 nitrogen and oxygen atoms in total. The quantitative estimate of drug-likeness (QED) is 0.783. The fourth-order valence-corrected chi connectivity index (χ4v) is 3.29. The second-order valence-electron chi connectivity index (χ2n) is 6.48. The minimum Gasteiger partial charge on any atom is -0.349 e. The molecular formula is C17H17N3O4. The summed E-state index contributed by atoms with van der Waals surface area (Å²) < 4.78 is 0. The third kappa shape index (κ3) is 2.46. The molecule has 3 aliphatic rings. The number of hydrogen-bond donors (Lipinski definition) is 2. The van der Waals surface area contributed by atoms with Gasteiger partial charge in [0.15, 0.2) is 0 Å². The Labute approximate surface area is 138 Å². The van der Waals surface area contributed by atoms with Gasteiger partial charge in [-0.15, -0.1) is 0 Å². The predicted octanol–water partition coefficient (Wildman–Crippen LogP) is 0.340. The first-order chi connectivity index (χ1) is 11.5. The van der Waals surface area contributed by atoms with E-state index in [4.69, 9.17) is 0 Å². The first-order valence-corrected chi connectivity index (χ1v) is 8.12. The van der Waals surface area contributed by atoms with Gasteiger partial charge in [0.2, 0.25) is 11.8 Å². The molecule has 4 amide bonds. The highest BCUT2D eigenvalue weighted by molar-refractivity contribution is 6.07. The van der Waals surface area contributed by atoms with Gasteiger partial charge in [-0.3, -0.25) is 24.5 Å². The molecular weight excluding hydrogens is 310 g/mol. The van der Waals surface area contributed by atoms with Gasteiger partial charge in [0.05, 0.1) is 0 Å². The topological polar surface area (TPSA) is 95.6 Å². The van der Waals surface area contributed by atoms with E-state index in [-0.39, 0.29) is 36.7 Å². The lowest BCUT2D eigenvalue weighted by molar-refractivity contribution is -0.136. The maximum atomic E-state index is 12.7. The van der Waals surface area contributed by atoms with Crippen molar-refractivity contribution in [2.24, 2.45) is 0 Å². The number of rotatable bonds is 3. The van der Waals surface area contributed by atoms with E-state index < -0.39 is 11.9 Å². The molecule has 7 heteroatoms. The van der Waals surface area contributed by atoms with Crippen LogP contribution in [0.5, 0.6) is 0 Å². The number of nitrogens with zero attached hydrogens (tertiary/aromatic N) is 1. The normalized spacial score (nSPS) is 23.1. The Balaban J connectivity index is 1.61. The number of fused-ring (bicyclic) bond motifs is 1. The van der Waals surface area contributed by atoms with Crippen LogP contribution in [0.3, 0.4) is 0 Å². The van der Waals surface area contributed by atoms with Crippen molar-refractivity contribution < 1.29 is 19.2 Å². The number of piperidine rings is 1. The van der Waals surface area contributed by atoms with Crippen molar-refractivity contribution >= 4 is 23.6 Å². The highest BCUT2D eigenvalue weighted by Gasteiger charge is 2.40. The van der Waals surface area contributed by atoms with Crippen molar-refractivity contribution in [2.45, 2.75) is 44.3 Å². The molecule has 0 spiro atoms. The van der Waals surface area contributed by atoms with E-state index in [0.717, 1.165) is 12.8 Å².